The second-order valence-electron chi connectivity index (χ2n) is 7.47. The van der Waals surface area contributed by atoms with Crippen molar-refractivity contribution in [1.82, 2.24) is 4.90 Å². The quantitative estimate of drug-likeness (QED) is 0.678. The lowest BCUT2D eigenvalue weighted by atomic mass is 9.77. The number of allylic oxidation sites excluding steroid dienone is 2. The Bertz CT molecular complexity index is 340. The van der Waals surface area contributed by atoms with Gasteiger partial charge in [0, 0.05) is 18.5 Å². The van der Waals surface area contributed by atoms with Gasteiger partial charge >= 0.3 is 0 Å². The van der Waals surface area contributed by atoms with Gasteiger partial charge in [-0.25, -0.2) is 0 Å². The van der Waals surface area contributed by atoms with Gasteiger partial charge in [-0.15, -0.1) is 0 Å². The van der Waals surface area contributed by atoms with E-state index in [-0.39, 0.29) is 11.3 Å². The Morgan fingerprint density at radius 2 is 1.95 bits per heavy atom. The Labute approximate surface area is 125 Å². The van der Waals surface area contributed by atoms with Crippen LogP contribution in [0.5, 0.6) is 0 Å². The first-order chi connectivity index (χ1) is 9.27. The maximum atomic E-state index is 12.4. The van der Waals surface area contributed by atoms with Crippen LogP contribution in [0.2, 0.25) is 0 Å². The minimum Gasteiger partial charge on any atom is -0.342 e. The summed E-state index contributed by atoms with van der Waals surface area (Å²) in [6, 6.07) is 0. The molecule has 0 aliphatic heterocycles. The molecule has 0 N–H and O–H groups in total. The number of amides is 1. The number of carbonyl (C=O) groups excluding carboxylic acids is 1. The van der Waals surface area contributed by atoms with Gasteiger partial charge in [0.05, 0.1) is 0 Å². The van der Waals surface area contributed by atoms with Crippen molar-refractivity contribution in [3.8, 4) is 0 Å². The third-order valence-corrected chi connectivity index (χ3v) is 4.77. The maximum Gasteiger partial charge on any atom is 0.227 e. The predicted octanol–water partition coefficient (Wildman–Crippen LogP) is 4.51. The number of hydrogen-bond donors (Lipinski definition) is 0. The maximum absolute atomic E-state index is 12.4. The molecule has 3 atom stereocenters. The van der Waals surface area contributed by atoms with Gasteiger partial charge in [0.15, 0.2) is 0 Å². The molecule has 0 aromatic rings. The van der Waals surface area contributed by atoms with Gasteiger partial charge in [0.2, 0.25) is 5.91 Å². The molecule has 2 nitrogen and oxygen atoms in total. The average molecular weight is 279 g/mol. The zero-order valence-electron chi connectivity index (χ0n) is 14.3. The van der Waals surface area contributed by atoms with Crippen LogP contribution in [0.25, 0.3) is 0 Å². The monoisotopic (exact) mass is 279 g/mol. The zero-order chi connectivity index (χ0) is 15.3. The van der Waals surface area contributed by atoms with Crippen LogP contribution in [0.4, 0.5) is 0 Å². The first-order valence-electron chi connectivity index (χ1n) is 8.21. The van der Waals surface area contributed by atoms with Gasteiger partial charge in [-0.05, 0) is 43.9 Å². The molecule has 0 heterocycles. The lowest BCUT2D eigenvalue weighted by molar-refractivity contribution is -0.140. The van der Waals surface area contributed by atoms with Crippen molar-refractivity contribution >= 4 is 5.91 Å². The summed E-state index contributed by atoms with van der Waals surface area (Å²) in [5.74, 6) is 2.32. The minimum absolute atomic E-state index is 0.271. The molecule has 0 aromatic heterocycles. The van der Waals surface area contributed by atoms with Crippen molar-refractivity contribution in [2.75, 3.05) is 13.1 Å². The first kappa shape index (κ1) is 17.3. The van der Waals surface area contributed by atoms with Crippen LogP contribution in [0.15, 0.2) is 12.2 Å². The Hall–Kier alpha value is -0.790. The van der Waals surface area contributed by atoms with Gasteiger partial charge in [0.25, 0.3) is 0 Å². The van der Waals surface area contributed by atoms with E-state index in [1.165, 1.54) is 19.3 Å². The summed E-state index contributed by atoms with van der Waals surface area (Å²) >= 11 is 0. The van der Waals surface area contributed by atoms with Crippen molar-refractivity contribution in [3.05, 3.63) is 12.2 Å². The molecule has 0 saturated heterocycles. The molecule has 0 spiro atoms. The minimum atomic E-state index is -0.271. The number of nitrogens with zero attached hydrogens (tertiary/aromatic N) is 1. The van der Waals surface area contributed by atoms with Gasteiger partial charge in [0.1, 0.15) is 0 Å². The molecule has 0 saturated carbocycles. The number of hydrogen-bond acceptors (Lipinski definition) is 1. The van der Waals surface area contributed by atoms with Gasteiger partial charge in [-0.1, -0.05) is 46.8 Å². The molecule has 0 bridgehead atoms. The molecule has 3 unspecified atom stereocenters. The van der Waals surface area contributed by atoms with Crippen LogP contribution < -0.4 is 0 Å². The van der Waals surface area contributed by atoms with Crippen molar-refractivity contribution in [1.29, 1.82) is 0 Å². The molecule has 1 rings (SSSR count). The van der Waals surface area contributed by atoms with E-state index < -0.39 is 0 Å². The van der Waals surface area contributed by atoms with Gasteiger partial charge in [-0.3, -0.25) is 4.79 Å². The summed E-state index contributed by atoms with van der Waals surface area (Å²) in [6.07, 6.45) is 8.37. The van der Waals surface area contributed by atoms with Crippen LogP contribution in [0.1, 0.15) is 60.8 Å². The van der Waals surface area contributed by atoms with E-state index >= 15 is 0 Å². The zero-order valence-corrected chi connectivity index (χ0v) is 14.3. The van der Waals surface area contributed by atoms with E-state index in [1.807, 2.05) is 25.7 Å². The van der Waals surface area contributed by atoms with Gasteiger partial charge in [-0.2, -0.15) is 0 Å². The molecular weight excluding hydrogens is 246 g/mol. The smallest absolute Gasteiger partial charge is 0.227 e. The normalized spacial score (nSPS) is 22.4. The molecule has 1 aliphatic carbocycles. The molecule has 0 radical (unpaired) electrons. The van der Waals surface area contributed by atoms with Crippen LogP contribution >= 0.6 is 0 Å². The first-order valence-corrected chi connectivity index (χ1v) is 8.21. The van der Waals surface area contributed by atoms with Crippen molar-refractivity contribution < 1.29 is 4.79 Å². The van der Waals surface area contributed by atoms with E-state index in [1.54, 1.807) is 0 Å². The highest BCUT2D eigenvalue weighted by atomic mass is 16.2. The highest BCUT2D eigenvalue weighted by Gasteiger charge is 2.30. The fraction of sp³-hybridized carbons (Fsp3) is 0.833. The SMILES string of the molecule is CCN(CC(C)C(C)C1CC=CCC1)C(=O)C(C)(C)C. The summed E-state index contributed by atoms with van der Waals surface area (Å²) in [5.41, 5.74) is -0.271. The lowest BCUT2D eigenvalue weighted by Crippen LogP contribution is -2.43. The van der Waals surface area contributed by atoms with E-state index in [9.17, 15) is 4.79 Å². The average Bonchev–Trinajstić information content (AvgIpc) is 2.42. The van der Waals surface area contributed by atoms with E-state index in [0.29, 0.717) is 11.8 Å². The largest absolute Gasteiger partial charge is 0.342 e. The topological polar surface area (TPSA) is 20.3 Å². The van der Waals surface area contributed by atoms with Crippen molar-refractivity contribution in [3.63, 3.8) is 0 Å². The van der Waals surface area contributed by atoms with Crippen LogP contribution in [-0.4, -0.2) is 23.9 Å². The van der Waals surface area contributed by atoms with Gasteiger partial charge < -0.3 is 4.90 Å². The summed E-state index contributed by atoms with van der Waals surface area (Å²) in [7, 11) is 0. The van der Waals surface area contributed by atoms with Crippen LogP contribution in [-0.2, 0) is 4.79 Å². The lowest BCUT2D eigenvalue weighted by Gasteiger charge is -2.35. The third kappa shape index (κ3) is 4.64. The summed E-state index contributed by atoms with van der Waals surface area (Å²) in [4.78, 5) is 14.5. The molecule has 2 heteroatoms. The predicted molar refractivity (Wildman–Crippen MR) is 86.5 cm³/mol. The van der Waals surface area contributed by atoms with Crippen molar-refractivity contribution in [2.24, 2.45) is 23.2 Å². The van der Waals surface area contributed by atoms with Crippen molar-refractivity contribution in [2.45, 2.75) is 60.8 Å². The fourth-order valence-electron chi connectivity index (χ4n) is 3.10. The van der Waals surface area contributed by atoms with E-state index in [2.05, 4.69) is 32.9 Å². The summed E-state index contributed by atoms with van der Waals surface area (Å²) in [6.45, 7) is 14.5. The molecule has 0 aromatic carbocycles. The number of rotatable bonds is 5. The number of carbonyl (C=O) groups is 1. The van der Waals surface area contributed by atoms with E-state index in [4.69, 9.17) is 0 Å². The Morgan fingerprint density at radius 3 is 2.40 bits per heavy atom. The third-order valence-electron chi connectivity index (χ3n) is 4.77. The Balaban J connectivity index is 2.60. The van der Waals surface area contributed by atoms with Crippen LogP contribution in [0.3, 0.4) is 0 Å². The molecular formula is C18H33NO. The summed E-state index contributed by atoms with van der Waals surface area (Å²) < 4.78 is 0. The summed E-state index contributed by atoms with van der Waals surface area (Å²) in [5, 5.41) is 0. The standard InChI is InChI=1S/C18H33NO/c1-7-19(17(20)18(4,5)6)13-14(2)15(3)16-11-9-8-10-12-16/h8-9,14-16H,7,10-13H2,1-6H3. The molecule has 1 aliphatic rings. The molecule has 1 amide bonds. The van der Waals surface area contributed by atoms with E-state index in [0.717, 1.165) is 19.0 Å². The molecule has 20 heavy (non-hydrogen) atoms. The second kappa shape index (κ2) is 7.28. The Morgan fingerprint density at radius 1 is 1.30 bits per heavy atom. The Kier molecular flexibility index (Phi) is 6.29. The van der Waals surface area contributed by atoms with Crippen LogP contribution in [0, 0.1) is 23.2 Å². The highest BCUT2D eigenvalue weighted by molar-refractivity contribution is 5.81. The fourth-order valence-corrected chi connectivity index (χ4v) is 3.10. The molecule has 116 valence electrons. The highest BCUT2D eigenvalue weighted by Crippen LogP contribution is 2.31. The second-order valence-corrected chi connectivity index (χ2v) is 7.47. The molecule has 0 fully saturated rings.